The molecule has 2 aliphatic heterocycles. The molecule has 0 bridgehead atoms. The fourth-order valence-electron chi connectivity index (χ4n) is 3.67. The van der Waals surface area contributed by atoms with Crippen LogP contribution in [0, 0.1) is 0 Å². The number of hydrogen-bond donors (Lipinski definition) is 0. The number of hydrogen-bond acceptors (Lipinski definition) is 5. The molecule has 0 aromatic carbocycles. The first-order valence-corrected chi connectivity index (χ1v) is 9.81. The molecule has 2 unspecified atom stereocenters. The first kappa shape index (κ1) is 16.5. The fraction of sp³-hybridized carbons (Fsp3) is 0.474. The Morgan fingerprint density at radius 1 is 1.36 bits per heavy atom. The van der Waals surface area contributed by atoms with Crippen molar-refractivity contribution in [1.82, 2.24) is 9.91 Å². The summed E-state index contributed by atoms with van der Waals surface area (Å²) in [6.07, 6.45) is 5.96. The second-order valence-corrected chi connectivity index (χ2v) is 7.79. The Morgan fingerprint density at radius 2 is 2.28 bits per heavy atom. The maximum atomic E-state index is 13.0. The zero-order chi connectivity index (χ0) is 17.2. The van der Waals surface area contributed by atoms with Crippen LogP contribution in [0.3, 0.4) is 0 Å². The molecule has 1 amide bonds. The van der Waals surface area contributed by atoms with Crippen molar-refractivity contribution in [2.75, 3.05) is 13.1 Å². The third-order valence-corrected chi connectivity index (χ3v) is 6.10. The molecule has 4 rings (SSSR count). The summed E-state index contributed by atoms with van der Waals surface area (Å²) in [5.74, 6) is 0.830. The first-order valence-electron chi connectivity index (χ1n) is 8.93. The number of furan rings is 1. The molecule has 0 saturated carbocycles. The molecule has 2 aliphatic rings. The Hall–Kier alpha value is -1.92. The summed E-state index contributed by atoms with van der Waals surface area (Å²) in [5.41, 5.74) is 0.850. The highest BCUT2D eigenvalue weighted by Crippen LogP contribution is 2.35. The molecule has 4 heterocycles. The summed E-state index contributed by atoms with van der Waals surface area (Å²) in [5, 5.41) is 8.38. The molecule has 0 aliphatic carbocycles. The lowest BCUT2D eigenvalue weighted by molar-refractivity contribution is -0.135. The van der Waals surface area contributed by atoms with Crippen LogP contribution >= 0.6 is 11.3 Å². The number of nitrogens with zero attached hydrogens (tertiary/aromatic N) is 3. The molecule has 6 heteroatoms. The summed E-state index contributed by atoms with van der Waals surface area (Å²) in [6.45, 7) is 3.65. The molecule has 25 heavy (non-hydrogen) atoms. The molecule has 2 aromatic rings. The van der Waals surface area contributed by atoms with Crippen molar-refractivity contribution in [3.05, 3.63) is 46.5 Å². The number of rotatable bonds is 4. The van der Waals surface area contributed by atoms with Gasteiger partial charge < -0.3 is 4.42 Å². The maximum absolute atomic E-state index is 13.0. The van der Waals surface area contributed by atoms with Crippen LogP contribution in [0.25, 0.3) is 0 Å². The van der Waals surface area contributed by atoms with E-state index in [1.807, 2.05) is 18.2 Å². The van der Waals surface area contributed by atoms with Gasteiger partial charge in [0.1, 0.15) is 11.5 Å². The van der Waals surface area contributed by atoms with Crippen molar-refractivity contribution in [3.63, 3.8) is 0 Å². The lowest BCUT2D eigenvalue weighted by atomic mass is 10.0. The van der Waals surface area contributed by atoms with Crippen LogP contribution in [0.1, 0.15) is 49.3 Å². The monoisotopic (exact) mass is 357 g/mol. The average molecular weight is 357 g/mol. The predicted octanol–water partition coefficient (Wildman–Crippen LogP) is 3.89. The second kappa shape index (κ2) is 7.14. The summed E-state index contributed by atoms with van der Waals surface area (Å²) in [6, 6.07) is 8.32. The van der Waals surface area contributed by atoms with Crippen LogP contribution in [-0.2, 0) is 4.79 Å². The van der Waals surface area contributed by atoms with Crippen molar-refractivity contribution in [2.45, 2.75) is 44.7 Å². The van der Waals surface area contributed by atoms with Gasteiger partial charge in [-0.15, -0.1) is 11.3 Å². The third-order valence-electron chi connectivity index (χ3n) is 5.12. The fourth-order valence-corrected chi connectivity index (χ4v) is 4.48. The average Bonchev–Trinajstić information content (AvgIpc) is 3.36. The van der Waals surface area contributed by atoms with E-state index in [9.17, 15) is 4.79 Å². The van der Waals surface area contributed by atoms with E-state index >= 15 is 0 Å². The number of likely N-dealkylation sites (tertiary alicyclic amines) is 1. The Balaban J connectivity index is 1.55. The Bertz CT molecular complexity index is 739. The molecule has 0 radical (unpaired) electrons. The smallest absolute Gasteiger partial charge is 0.257 e. The molecule has 1 fully saturated rings. The molecular weight excluding hydrogens is 334 g/mol. The van der Waals surface area contributed by atoms with Gasteiger partial charge in [-0.3, -0.25) is 9.69 Å². The van der Waals surface area contributed by atoms with E-state index < -0.39 is 0 Å². The topological polar surface area (TPSA) is 49.1 Å². The number of thiophene rings is 1. The number of carbonyl (C=O) groups excluding carboxylic acids is 1. The highest BCUT2D eigenvalue weighted by molar-refractivity contribution is 7.10. The molecule has 132 valence electrons. The lowest BCUT2D eigenvalue weighted by Gasteiger charge is -2.34. The molecule has 0 spiro atoms. The minimum Gasteiger partial charge on any atom is -0.463 e. The number of amides is 1. The third kappa shape index (κ3) is 3.41. The van der Waals surface area contributed by atoms with Crippen LogP contribution < -0.4 is 0 Å². The second-order valence-electron chi connectivity index (χ2n) is 6.81. The minimum absolute atomic E-state index is 0.0207. The summed E-state index contributed by atoms with van der Waals surface area (Å²) >= 11 is 1.68. The van der Waals surface area contributed by atoms with Crippen molar-refractivity contribution in [3.8, 4) is 0 Å². The van der Waals surface area contributed by atoms with Crippen LogP contribution in [0.5, 0.6) is 0 Å². The highest BCUT2D eigenvalue weighted by atomic mass is 32.1. The zero-order valence-electron chi connectivity index (χ0n) is 14.4. The van der Waals surface area contributed by atoms with Crippen molar-refractivity contribution in [1.29, 1.82) is 0 Å². The summed E-state index contributed by atoms with van der Waals surface area (Å²) in [4.78, 5) is 16.5. The molecular formula is C19H23N3O2S. The van der Waals surface area contributed by atoms with Gasteiger partial charge in [0.15, 0.2) is 0 Å². The standard InChI is InChI=1S/C19H23N3O2S/c1-14-6-2-3-9-21(14)13-19(23)22-16(18-8-5-11-25-18)12-15(20-22)17-7-4-10-24-17/h4-5,7-8,10-11,14,16H,2-3,6,9,12-13H2,1H3. The van der Waals surface area contributed by atoms with Gasteiger partial charge in [-0.25, -0.2) is 5.01 Å². The van der Waals surface area contributed by atoms with Gasteiger partial charge in [0.05, 0.1) is 18.8 Å². The van der Waals surface area contributed by atoms with E-state index in [0.717, 1.165) is 18.0 Å². The SMILES string of the molecule is CC1CCCCN1CC(=O)N1N=C(c2ccco2)CC1c1cccs1. The van der Waals surface area contributed by atoms with Gasteiger partial charge >= 0.3 is 0 Å². The minimum atomic E-state index is -0.0207. The van der Waals surface area contributed by atoms with E-state index in [2.05, 4.69) is 28.4 Å². The molecule has 2 aromatic heterocycles. The van der Waals surface area contributed by atoms with E-state index in [4.69, 9.17) is 4.42 Å². The summed E-state index contributed by atoms with van der Waals surface area (Å²) in [7, 11) is 0. The number of hydrazone groups is 1. The highest BCUT2D eigenvalue weighted by Gasteiger charge is 2.35. The van der Waals surface area contributed by atoms with Crippen LogP contribution in [0.15, 0.2) is 45.4 Å². The Kier molecular flexibility index (Phi) is 4.72. The van der Waals surface area contributed by atoms with Crippen molar-refractivity contribution < 1.29 is 9.21 Å². The first-order chi connectivity index (χ1) is 12.2. The lowest BCUT2D eigenvalue weighted by Crippen LogP contribution is -2.44. The van der Waals surface area contributed by atoms with Gasteiger partial charge in [0.25, 0.3) is 5.91 Å². The number of piperidine rings is 1. The van der Waals surface area contributed by atoms with Gasteiger partial charge in [0.2, 0.25) is 0 Å². The largest absolute Gasteiger partial charge is 0.463 e. The molecule has 2 atom stereocenters. The van der Waals surface area contributed by atoms with Crippen LogP contribution in [0.2, 0.25) is 0 Å². The molecule has 5 nitrogen and oxygen atoms in total. The van der Waals surface area contributed by atoms with Gasteiger partial charge in [-0.05, 0) is 49.9 Å². The maximum Gasteiger partial charge on any atom is 0.257 e. The Labute approximate surface area is 151 Å². The van der Waals surface area contributed by atoms with E-state index in [1.54, 1.807) is 22.6 Å². The quantitative estimate of drug-likeness (QED) is 0.834. The van der Waals surface area contributed by atoms with E-state index in [-0.39, 0.29) is 11.9 Å². The predicted molar refractivity (Wildman–Crippen MR) is 98.7 cm³/mol. The van der Waals surface area contributed by atoms with Crippen molar-refractivity contribution >= 4 is 23.0 Å². The van der Waals surface area contributed by atoms with Gasteiger partial charge in [-0.2, -0.15) is 5.10 Å². The van der Waals surface area contributed by atoms with Crippen molar-refractivity contribution in [2.24, 2.45) is 5.10 Å². The van der Waals surface area contributed by atoms with Crippen LogP contribution in [0.4, 0.5) is 0 Å². The van der Waals surface area contributed by atoms with Crippen LogP contribution in [-0.4, -0.2) is 40.7 Å². The van der Waals surface area contributed by atoms with E-state index in [1.165, 1.54) is 24.1 Å². The zero-order valence-corrected chi connectivity index (χ0v) is 15.2. The van der Waals surface area contributed by atoms with E-state index in [0.29, 0.717) is 19.0 Å². The normalized spacial score (nSPS) is 24.5. The van der Waals surface area contributed by atoms with Gasteiger partial charge in [0, 0.05) is 17.3 Å². The Morgan fingerprint density at radius 3 is 3.00 bits per heavy atom. The summed E-state index contributed by atoms with van der Waals surface area (Å²) < 4.78 is 5.50. The molecule has 0 N–H and O–H groups in total. The molecule has 1 saturated heterocycles. The van der Waals surface area contributed by atoms with Gasteiger partial charge in [-0.1, -0.05) is 12.5 Å². The number of carbonyl (C=O) groups is 1.